The van der Waals surface area contributed by atoms with Gasteiger partial charge >= 0.3 is 0 Å². The van der Waals surface area contributed by atoms with Gasteiger partial charge in [-0.1, -0.05) is 43.6 Å². The Hall–Kier alpha value is -0.850. The highest BCUT2D eigenvalue weighted by Crippen LogP contribution is 2.62. The Balaban J connectivity index is 1.76. The number of carbonyl (C=O) groups is 1. The van der Waals surface area contributed by atoms with Crippen molar-refractivity contribution >= 4 is 5.78 Å². The third kappa shape index (κ3) is 1.58. The Morgan fingerprint density at radius 3 is 2.75 bits per heavy atom. The van der Waals surface area contributed by atoms with Crippen LogP contribution in [0.5, 0.6) is 0 Å². The quantitative estimate of drug-likeness (QED) is 0.616. The molecule has 0 N–H and O–H groups in total. The van der Waals surface area contributed by atoms with E-state index in [1.807, 2.05) is 0 Å². The molecule has 1 heteroatoms. The van der Waals surface area contributed by atoms with Gasteiger partial charge in [0.05, 0.1) is 0 Å². The highest BCUT2D eigenvalue weighted by Gasteiger charge is 2.52. The van der Waals surface area contributed by atoms with Gasteiger partial charge in [-0.25, -0.2) is 0 Å². The first kappa shape index (κ1) is 12.9. The maximum Gasteiger partial charge on any atom is 0.136 e. The van der Waals surface area contributed by atoms with Crippen molar-refractivity contribution in [1.82, 2.24) is 0 Å². The van der Waals surface area contributed by atoms with E-state index in [9.17, 15) is 4.79 Å². The van der Waals surface area contributed by atoms with Crippen LogP contribution >= 0.6 is 0 Å². The normalized spacial score (nSPS) is 47.0. The van der Waals surface area contributed by atoms with E-state index in [1.54, 1.807) is 5.57 Å². The number of carbonyl (C=O) groups excluding carboxylic acids is 1. The van der Waals surface area contributed by atoms with E-state index < -0.39 is 0 Å². The van der Waals surface area contributed by atoms with Crippen molar-refractivity contribution in [2.24, 2.45) is 22.7 Å². The maximum atomic E-state index is 11.8. The predicted octanol–water partition coefficient (Wildman–Crippen LogP) is 4.83. The first-order valence-electron chi connectivity index (χ1n) is 8.46. The molecule has 0 aromatic heterocycles. The summed E-state index contributed by atoms with van der Waals surface area (Å²) >= 11 is 0. The Morgan fingerprint density at radius 2 is 1.90 bits per heavy atom. The van der Waals surface area contributed by atoms with Crippen molar-refractivity contribution in [3.05, 3.63) is 23.3 Å². The summed E-state index contributed by atoms with van der Waals surface area (Å²) in [6, 6.07) is 0. The molecule has 108 valence electrons. The third-order valence-corrected chi connectivity index (χ3v) is 7.18. The van der Waals surface area contributed by atoms with Crippen LogP contribution in [0, 0.1) is 22.7 Å². The van der Waals surface area contributed by atoms with Crippen molar-refractivity contribution in [2.75, 3.05) is 0 Å². The fourth-order valence-corrected chi connectivity index (χ4v) is 5.81. The van der Waals surface area contributed by atoms with Gasteiger partial charge in [-0.3, -0.25) is 4.79 Å². The highest BCUT2D eigenvalue weighted by molar-refractivity contribution is 5.83. The van der Waals surface area contributed by atoms with E-state index in [1.165, 1.54) is 37.7 Å². The minimum absolute atomic E-state index is 0.294. The van der Waals surface area contributed by atoms with Gasteiger partial charge in [-0.2, -0.15) is 0 Å². The molecule has 20 heavy (non-hydrogen) atoms. The molecule has 0 saturated heterocycles. The lowest BCUT2D eigenvalue weighted by molar-refractivity contribution is -0.120. The van der Waals surface area contributed by atoms with E-state index in [0.717, 1.165) is 31.1 Å². The summed E-state index contributed by atoms with van der Waals surface area (Å²) in [6.45, 7) is 4.97. The minimum atomic E-state index is 0.294. The van der Waals surface area contributed by atoms with Gasteiger partial charge in [0.15, 0.2) is 0 Å². The number of rotatable bonds is 0. The second-order valence-corrected chi connectivity index (χ2v) is 8.18. The summed E-state index contributed by atoms with van der Waals surface area (Å²) in [5, 5.41) is 0. The van der Waals surface area contributed by atoms with Crippen molar-refractivity contribution in [1.29, 1.82) is 0 Å². The van der Waals surface area contributed by atoms with Gasteiger partial charge in [-0.15, -0.1) is 0 Å². The lowest BCUT2D eigenvalue weighted by Gasteiger charge is -2.53. The highest BCUT2D eigenvalue weighted by atomic mass is 16.1. The first-order chi connectivity index (χ1) is 9.53. The smallest absolute Gasteiger partial charge is 0.136 e. The SMILES string of the molecule is C[C@@]12CCC[C@H]1C1=CC=C3CC(=O)CC[C@]3(C)[C@@H]1CC2. The van der Waals surface area contributed by atoms with Gasteiger partial charge in [-0.05, 0) is 54.8 Å². The fraction of sp³-hybridized carbons (Fsp3) is 0.737. The molecule has 0 aromatic rings. The Kier molecular flexibility index (Phi) is 2.63. The summed E-state index contributed by atoms with van der Waals surface area (Å²) < 4.78 is 0. The molecule has 3 fully saturated rings. The number of Topliss-reactive ketones (excluding diaryl/α,β-unsaturated/α-hetero) is 1. The molecule has 0 aliphatic heterocycles. The van der Waals surface area contributed by atoms with E-state index in [4.69, 9.17) is 0 Å². The second-order valence-electron chi connectivity index (χ2n) is 8.18. The van der Waals surface area contributed by atoms with Crippen LogP contribution in [-0.2, 0) is 4.79 Å². The Bertz CT molecular complexity index is 526. The van der Waals surface area contributed by atoms with Gasteiger partial charge in [0.25, 0.3) is 0 Å². The van der Waals surface area contributed by atoms with E-state index in [0.29, 0.717) is 16.6 Å². The number of allylic oxidation sites excluding steroid dienone is 4. The predicted molar refractivity (Wildman–Crippen MR) is 81.3 cm³/mol. The van der Waals surface area contributed by atoms with Crippen molar-refractivity contribution in [2.45, 2.75) is 65.2 Å². The molecule has 0 aromatic carbocycles. The molecule has 0 spiro atoms. The number of fused-ring (bicyclic) bond motifs is 5. The lowest BCUT2D eigenvalue weighted by Crippen LogP contribution is -2.44. The average molecular weight is 270 g/mol. The maximum absolute atomic E-state index is 11.8. The number of ketones is 1. The molecule has 3 saturated carbocycles. The number of hydrogen-bond donors (Lipinski definition) is 0. The van der Waals surface area contributed by atoms with E-state index in [2.05, 4.69) is 26.0 Å². The standard InChI is InChI=1S/C19H26O/c1-18-9-3-4-16(18)15-6-5-13-12-14(20)7-11-19(13,2)17(15)8-10-18/h5-6,16-17H,3-4,7-12H2,1-2H3/t16-,17+,18-,19-/m0/s1. The van der Waals surface area contributed by atoms with Crippen LogP contribution in [0.15, 0.2) is 23.3 Å². The molecule has 0 heterocycles. The largest absolute Gasteiger partial charge is 0.299 e. The molecule has 4 aliphatic carbocycles. The van der Waals surface area contributed by atoms with Gasteiger partial charge in [0.2, 0.25) is 0 Å². The monoisotopic (exact) mass is 270 g/mol. The Morgan fingerprint density at radius 1 is 1.05 bits per heavy atom. The van der Waals surface area contributed by atoms with Crippen molar-refractivity contribution in [3.8, 4) is 0 Å². The summed E-state index contributed by atoms with van der Waals surface area (Å²) in [5.41, 5.74) is 4.05. The third-order valence-electron chi connectivity index (χ3n) is 7.18. The zero-order chi connectivity index (χ0) is 14.0. The molecule has 0 radical (unpaired) electrons. The molecule has 4 aliphatic rings. The van der Waals surface area contributed by atoms with Gasteiger partial charge in [0.1, 0.15) is 5.78 Å². The second kappa shape index (κ2) is 4.08. The summed E-state index contributed by atoms with van der Waals surface area (Å²) in [7, 11) is 0. The van der Waals surface area contributed by atoms with Crippen LogP contribution in [0.3, 0.4) is 0 Å². The summed E-state index contributed by atoms with van der Waals surface area (Å²) in [4.78, 5) is 11.8. The zero-order valence-corrected chi connectivity index (χ0v) is 12.9. The zero-order valence-electron chi connectivity index (χ0n) is 12.9. The summed E-state index contributed by atoms with van der Waals surface area (Å²) in [5.74, 6) is 2.01. The lowest BCUT2D eigenvalue weighted by atomic mass is 9.51. The van der Waals surface area contributed by atoms with Crippen LogP contribution in [0.25, 0.3) is 0 Å². The van der Waals surface area contributed by atoms with Crippen LogP contribution in [0.1, 0.15) is 65.2 Å². The fourth-order valence-electron chi connectivity index (χ4n) is 5.81. The Labute approximate surface area is 122 Å². The van der Waals surface area contributed by atoms with Crippen molar-refractivity contribution < 1.29 is 4.79 Å². The van der Waals surface area contributed by atoms with Crippen LogP contribution in [0.2, 0.25) is 0 Å². The number of hydrogen-bond acceptors (Lipinski definition) is 1. The van der Waals surface area contributed by atoms with Crippen LogP contribution in [0.4, 0.5) is 0 Å². The van der Waals surface area contributed by atoms with Crippen LogP contribution < -0.4 is 0 Å². The van der Waals surface area contributed by atoms with E-state index in [-0.39, 0.29) is 0 Å². The topological polar surface area (TPSA) is 17.1 Å². The molecule has 0 unspecified atom stereocenters. The van der Waals surface area contributed by atoms with Gasteiger partial charge in [0, 0.05) is 12.8 Å². The molecular weight excluding hydrogens is 244 g/mol. The van der Waals surface area contributed by atoms with E-state index >= 15 is 0 Å². The molecule has 1 nitrogen and oxygen atoms in total. The molecular formula is C19H26O. The first-order valence-corrected chi connectivity index (χ1v) is 8.46. The molecule has 0 bridgehead atoms. The summed E-state index contributed by atoms with van der Waals surface area (Å²) in [6.07, 6.45) is 14.3. The average Bonchev–Trinajstić information content (AvgIpc) is 2.81. The van der Waals surface area contributed by atoms with Crippen molar-refractivity contribution in [3.63, 3.8) is 0 Å². The molecule has 0 amide bonds. The van der Waals surface area contributed by atoms with Gasteiger partial charge < -0.3 is 0 Å². The minimum Gasteiger partial charge on any atom is -0.299 e. The molecule has 4 atom stereocenters. The van der Waals surface area contributed by atoms with Crippen LogP contribution in [-0.4, -0.2) is 5.78 Å². The molecule has 4 rings (SSSR count).